The number of carbonyl (C=O) groups is 2. The molecule has 0 amide bonds. The molecule has 144 valence electrons. The molecule has 1 heterocycles. The summed E-state index contributed by atoms with van der Waals surface area (Å²) in [6.07, 6.45) is 3.75. The highest BCUT2D eigenvalue weighted by molar-refractivity contribution is 7.19. The molecule has 0 unspecified atom stereocenters. The number of fused-ring (bicyclic) bond motifs is 1. The molecule has 0 aliphatic heterocycles. The third kappa shape index (κ3) is 3.90. The van der Waals surface area contributed by atoms with Gasteiger partial charge in [-0.25, -0.2) is 0 Å². The minimum atomic E-state index is -0.390. The van der Waals surface area contributed by atoms with Gasteiger partial charge in [0.05, 0.1) is 29.9 Å². The van der Waals surface area contributed by atoms with Crippen molar-refractivity contribution in [3.05, 3.63) is 39.4 Å². The minimum absolute atomic E-state index is 0.0736. The third-order valence-electron chi connectivity index (χ3n) is 4.50. The topological polar surface area (TPSA) is 52.6 Å². The van der Waals surface area contributed by atoms with Crippen molar-refractivity contribution in [3.8, 4) is 5.75 Å². The maximum absolute atomic E-state index is 13.1. The summed E-state index contributed by atoms with van der Waals surface area (Å²) in [5.74, 6) is 0.117. The first-order valence-corrected chi connectivity index (χ1v) is 10.5. The van der Waals surface area contributed by atoms with Gasteiger partial charge in [0.15, 0.2) is 5.78 Å². The van der Waals surface area contributed by atoms with E-state index in [2.05, 4.69) is 6.92 Å². The summed E-state index contributed by atoms with van der Waals surface area (Å²) >= 11 is 8.27. The molecule has 0 atom stereocenters. The molecule has 27 heavy (non-hydrogen) atoms. The zero-order valence-corrected chi connectivity index (χ0v) is 17.3. The normalized spacial score (nSPS) is 14.4. The fourth-order valence-corrected chi connectivity index (χ4v) is 4.47. The number of Topliss-reactive ketones (excluding diaryl/α,β-unsaturated/α-hetero) is 2. The lowest BCUT2D eigenvalue weighted by molar-refractivity contribution is -0.116. The van der Waals surface area contributed by atoms with Crippen molar-refractivity contribution in [2.24, 2.45) is 5.92 Å². The van der Waals surface area contributed by atoms with Crippen molar-refractivity contribution < 1.29 is 19.1 Å². The second-order valence-corrected chi connectivity index (χ2v) is 7.91. The molecule has 1 fully saturated rings. The number of ketones is 2. The Balaban J connectivity index is 2.09. The average Bonchev–Trinajstić information content (AvgIpc) is 3.45. The summed E-state index contributed by atoms with van der Waals surface area (Å²) in [4.78, 5) is 26.8. The molecular formula is C21H23ClO4S. The number of ether oxygens (including phenoxy) is 2. The van der Waals surface area contributed by atoms with Gasteiger partial charge in [0.2, 0.25) is 5.78 Å². The Morgan fingerprint density at radius 3 is 2.56 bits per heavy atom. The molecule has 1 aliphatic rings. The van der Waals surface area contributed by atoms with Crippen LogP contribution in [-0.2, 0) is 16.0 Å². The van der Waals surface area contributed by atoms with Gasteiger partial charge in [0.25, 0.3) is 0 Å². The quantitative estimate of drug-likeness (QED) is 0.179. The largest absolute Gasteiger partial charge is 0.501 e. The first kappa shape index (κ1) is 19.9. The maximum Gasteiger partial charge on any atom is 0.201 e. The van der Waals surface area contributed by atoms with Crippen LogP contribution in [0.2, 0.25) is 5.02 Å². The lowest BCUT2D eigenvalue weighted by Crippen LogP contribution is -2.16. The van der Waals surface area contributed by atoms with Crippen molar-refractivity contribution in [3.63, 3.8) is 0 Å². The Kier molecular flexibility index (Phi) is 6.22. The third-order valence-corrected chi connectivity index (χ3v) is 6.17. The van der Waals surface area contributed by atoms with Gasteiger partial charge in [-0.15, -0.1) is 11.3 Å². The van der Waals surface area contributed by atoms with Crippen LogP contribution < -0.4 is 4.74 Å². The van der Waals surface area contributed by atoms with Crippen LogP contribution in [0.4, 0.5) is 0 Å². The van der Waals surface area contributed by atoms with Gasteiger partial charge < -0.3 is 9.47 Å². The molecule has 1 aliphatic carbocycles. The van der Waals surface area contributed by atoms with Crippen LogP contribution in [0, 0.1) is 5.92 Å². The number of carbonyl (C=O) groups excluding carboxylic acids is 2. The predicted molar refractivity (Wildman–Crippen MR) is 109 cm³/mol. The molecule has 0 radical (unpaired) electrons. The minimum Gasteiger partial charge on any atom is -0.501 e. The molecule has 3 rings (SSSR count). The van der Waals surface area contributed by atoms with E-state index in [-0.39, 0.29) is 23.1 Å². The molecular weight excluding hydrogens is 384 g/mol. The lowest BCUT2D eigenvalue weighted by atomic mass is 9.97. The zero-order valence-electron chi connectivity index (χ0n) is 15.8. The highest BCUT2D eigenvalue weighted by Gasteiger charge is 2.36. The Labute approximate surface area is 168 Å². The summed E-state index contributed by atoms with van der Waals surface area (Å²) in [7, 11) is 0. The fourth-order valence-electron chi connectivity index (χ4n) is 2.98. The van der Waals surface area contributed by atoms with E-state index in [0.29, 0.717) is 23.8 Å². The number of benzene rings is 1. The summed E-state index contributed by atoms with van der Waals surface area (Å²) in [5, 5.41) is 1.09. The van der Waals surface area contributed by atoms with Crippen molar-refractivity contribution >= 4 is 44.6 Å². The van der Waals surface area contributed by atoms with Gasteiger partial charge in [-0.2, -0.15) is 0 Å². The van der Waals surface area contributed by atoms with E-state index in [1.807, 2.05) is 19.9 Å². The van der Waals surface area contributed by atoms with Crippen LogP contribution in [0.5, 0.6) is 5.75 Å². The van der Waals surface area contributed by atoms with E-state index in [0.717, 1.165) is 40.0 Å². The number of allylic oxidation sites excluding steroid dienone is 1. The van der Waals surface area contributed by atoms with E-state index in [1.54, 1.807) is 17.4 Å². The predicted octanol–water partition coefficient (Wildman–Crippen LogP) is 5.60. The van der Waals surface area contributed by atoms with Crippen molar-refractivity contribution in [1.29, 1.82) is 0 Å². The molecule has 0 N–H and O–H groups in total. The second-order valence-electron chi connectivity index (χ2n) is 6.40. The highest BCUT2D eigenvalue weighted by Crippen LogP contribution is 2.44. The molecule has 1 aromatic carbocycles. The zero-order chi connectivity index (χ0) is 19.6. The number of hydrogen-bond acceptors (Lipinski definition) is 5. The van der Waals surface area contributed by atoms with Crippen LogP contribution in [0.1, 0.15) is 48.8 Å². The van der Waals surface area contributed by atoms with Gasteiger partial charge in [-0.1, -0.05) is 18.5 Å². The first-order chi connectivity index (χ1) is 13.0. The summed E-state index contributed by atoms with van der Waals surface area (Å²) in [5.41, 5.74) is 0.384. The molecule has 4 nitrogen and oxygen atoms in total. The van der Waals surface area contributed by atoms with Crippen LogP contribution in [-0.4, -0.2) is 24.8 Å². The van der Waals surface area contributed by atoms with Crippen molar-refractivity contribution in [1.82, 2.24) is 0 Å². The van der Waals surface area contributed by atoms with Crippen LogP contribution in [0.3, 0.4) is 0 Å². The molecule has 1 aromatic heterocycles. The Bertz CT molecular complexity index is 909. The second kappa shape index (κ2) is 8.44. The van der Waals surface area contributed by atoms with Crippen LogP contribution in [0.25, 0.3) is 10.1 Å². The maximum atomic E-state index is 13.1. The molecule has 1 saturated carbocycles. The Morgan fingerprint density at radius 2 is 1.96 bits per heavy atom. The number of aryl methyl sites for hydroxylation is 1. The summed E-state index contributed by atoms with van der Waals surface area (Å²) in [6.45, 7) is 6.70. The SMILES string of the molecule is CCO/C=C(\C(=O)c1ccc2sc(CC)c(OCC)c2c1Cl)C(=O)C1CC1. The van der Waals surface area contributed by atoms with Crippen LogP contribution >= 0.6 is 22.9 Å². The van der Waals surface area contributed by atoms with Gasteiger partial charge in [0.1, 0.15) is 11.3 Å². The summed E-state index contributed by atoms with van der Waals surface area (Å²) < 4.78 is 12.1. The molecule has 6 heteroatoms. The molecule has 0 saturated heterocycles. The van der Waals surface area contributed by atoms with Gasteiger partial charge in [-0.3, -0.25) is 9.59 Å². The number of thiophene rings is 1. The van der Waals surface area contributed by atoms with Gasteiger partial charge in [-0.05, 0) is 45.2 Å². The van der Waals surface area contributed by atoms with Gasteiger partial charge >= 0.3 is 0 Å². The Morgan fingerprint density at radius 1 is 1.22 bits per heavy atom. The van der Waals surface area contributed by atoms with E-state index >= 15 is 0 Å². The lowest BCUT2D eigenvalue weighted by Gasteiger charge is -2.10. The van der Waals surface area contributed by atoms with Crippen molar-refractivity contribution in [2.45, 2.75) is 40.0 Å². The van der Waals surface area contributed by atoms with E-state index in [9.17, 15) is 9.59 Å². The molecule has 0 spiro atoms. The summed E-state index contributed by atoms with van der Waals surface area (Å²) in [6, 6.07) is 3.57. The smallest absolute Gasteiger partial charge is 0.201 e. The molecule has 0 bridgehead atoms. The monoisotopic (exact) mass is 406 g/mol. The number of rotatable bonds is 9. The standard InChI is InChI=1S/C21H23ClO4S/c1-4-15-21(26-6-3)17-16(27-15)10-9-13(18(17)22)20(24)14(11-25-5-2)19(23)12-7-8-12/h9-12H,4-8H2,1-3H3/b14-11-. The average molecular weight is 407 g/mol. The fraction of sp³-hybridized carbons (Fsp3) is 0.429. The first-order valence-electron chi connectivity index (χ1n) is 9.30. The number of hydrogen-bond donors (Lipinski definition) is 0. The number of halogens is 1. The van der Waals surface area contributed by atoms with Crippen LogP contribution in [0.15, 0.2) is 24.0 Å². The van der Waals surface area contributed by atoms with Crippen molar-refractivity contribution in [2.75, 3.05) is 13.2 Å². The Hall–Kier alpha value is -1.85. The van der Waals surface area contributed by atoms with E-state index in [4.69, 9.17) is 21.1 Å². The molecule has 2 aromatic rings. The van der Waals surface area contributed by atoms with Gasteiger partial charge in [0, 0.05) is 21.1 Å². The highest BCUT2D eigenvalue weighted by atomic mass is 35.5. The van der Waals surface area contributed by atoms with E-state index < -0.39 is 0 Å². The van der Waals surface area contributed by atoms with E-state index in [1.165, 1.54) is 6.26 Å².